The normalized spacial score (nSPS) is 15.3. The third-order valence-electron chi connectivity index (χ3n) is 5.89. The van der Waals surface area contributed by atoms with Gasteiger partial charge in [0, 0.05) is 30.8 Å². The van der Waals surface area contributed by atoms with Crippen LogP contribution in [0.25, 0.3) is 0 Å². The number of ether oxygens (including phenoxy) is 2. The summed E-state index contributed by atoms with van der Waals surface area (Å²) in [5.74, 6) is 0.792. The van der Waals surface area contributed by atoms with Crippen LogP contribution < -0.4 is 20.1 Å². The standard InChI is InChI=1S/C24H23N3O6S/c1-14-11-20(26-23(29)18-3-2-10-31-18)34-21(14)24(30)27-8-6-15(7-9-27)22(28)25-16-4-5-17-19(12-16)33-13-32-17/h2-5,10-12,15H,6-9,13H2,1H3,(H,25,28)(H,26,29). The number of furan rings is 1. The highest BCUT2D eigenvalue weighted by atomic mass is 32.1. The zero-order valence-corrected chi connectivity index (χ0v) is 19.3. The fourth-order valence-corrected chi connectivity index (χ4v) is 5.08. The number of anilines is 2. The maximum atomic E-state index is 13.1. The highest BCUT2D eigenvalue weighted by molar-refractivity contribution is 7.18. The van der Waals surface area contributed by atoms with Crippen LogP contribution in [-0.4, -0.2) is 42.5 Å². The van der Waals surface area contributed by atoms with Gasteiger partial charge in [-0.15, -0.1) is 11.3 Å². The van der Waals surface area contributed by atoms with Crippen LogP contribution in [0.5, 0.6) is 11.5 Å². The van der Waals surface area contributed by atoms with Gasteiger partial charge in [0.05, 0.1) is 16.1 Å². The Morgan fingerprint density at radius 2 is 1.82 bits per heavy atom. The summed E-state index contributed by atoms with van der Waals surface area (Å²) in [4.78, 5) is 40.4. The van der Waals surface area contributed by atoms with Crippen LogP contribution in [0, 0.1) is 12.8 Å². The zero-order valence-electron chi connectivity index (χ0n) is 18.5. The SMILES string of the molecule is Cc1cc(NC(=O)c2ccco2)sc1C(=O)N1CCC(C(=O)Nc2ccc3c(c2)OCO3)CC1. The summed E-state index contributed by atoms with van der Waals surface area (Å²) in [5.41, 5.74) is 1.46. The summed E-state index contributed by atoms with van der Waals surface area (Å²) in [5, 5.41) is 6.29. The highest BCUT2D eigenvalue weighted by Gasteiger charge is 2.29. The number of fused-ring (bicyclic) bond motifs is 1. The number of carbonyl (C=O) groups is 3. The first-order valence-electron chi connectivity index (χ1n) is 10.9. The average molecular weight is 482 g/mol. The van der Waals surface area contributed by atoms with Crippen LogP contribution in [-0.2, 0) is 4.79 Å². The maximum absolute atomic E-state index is 13.1. The molecule has 1 fully saturated rings. The number of carbonyl (C=O) groups excluding carboxylic acids is 3. The van der Waals surface area contributed by atoms with Gasteiger partial charge in [-0.1, -0.05) is 0 Å². The lowest BCUT2D eigenvalue weighted by atomic mass is 9.95. The first-order chi connectivity index (χ1) is 16.5. The molecule has 9 nitrogen and oxygen atoms in total. The van der Waals surface area contributed by atoms with E-state index >= 15 is 0 Å². The number of nitrogens with zero attached hydrogens (tertiary/aromatic N) is 1. The molecule has 3 aromatic rings. The third kappa shape index (κ3) is 4.49. The minimum atomic E-state index is -0.362. The molecule has 1 aromatic carbocycles. The Kier molecular flexibility index (Phi) is 5.97. The molecule has 0 atom stereocenters. The number of hydrogen-bond acceptors (Lipinski definition) is 7. The van der Waals surface area contributed by atoms with Crippen molar-refractivity contribution >= 4 is 39.7 Å². The van der Waals surface area contributed by atoms with Crippen LogP contribution in [0.1, 0.15) is 38.6 Å². The second-order valence-electron chi connectivity index (χ2n) is 8.18. The molecule has 1 saturated heterocycles. The number of amides is 3. The predicted octanol–water partition coefficient (Wildman–Crippen LogP) is 4.12. The molecule has 2 aromatic heterocycles. The topological polar surface area (TPSA) is 110 Å². The van der Waals surface area contributed by atoms with Crippen molar-refractivity contribution in [1.82, 2.24) is 4.90 Å². The number of piperidine rings is 1. The van der Waals surface area contributed by atoms with Gasteiger partial charge in [0.2, 0.25) is 12.7 Å². The van der Waals surface area contributed by atoms with E-state index in [9.17, 15) is 14.4 Å². The quantitative estimate of drug-likeness (QED) is 0.567. The summed E-state index contributed by atoms with van der Waals surface area (Å²) in [6, 6.07) is 10.3. The van der Waals surface area contributed by atoms with Crippen molar-refractivity contribution in [2.75, 3.05) is 30.5 Å². The Bertz CT molecular complexity index is 1230. The van der Waals surface area contributed by atoms with Gasteiger partial charge in [-0.05, 0) is 55.7 Å². The van der Waals surface area contributed by atoms with Gasteiger partial charge >= 0.3 is 0 Å². The Morgan fingerprint density at radius 1 is 1.03 bits per heavy atom. The molecule has 0 unspecified atom stereocenters. The van der Waals surface area contributed by atoms with Crippen molar-refractivity contribution in [2.45, 2.75) is 19.8 Å². The Labute approximate surface area is 199 Å². The molecule has 0 radical (unpaired) electrons. The first kappa shape index (κ1) is 22.0. The zero-order chi connectivity index (χ0) is 23.7. The number of rotatable bonds is 5. The van der Waals surface area contributed by atoms with E-state index in [1.54, 1.807) is 41.3 Å². The lowest BCUT2D eigenvalue weighted by molar-refractivity contribution is -0.121. The molecule has 4 heterocycles. The number of nitrogens with one attached hydrogen (secondary N) is 2. The van der Waals surface area contributed by atoms with Gasteiger partial charge in [0.25, 0.3) is 11.8 Å². The Morgan fingerprint density at radius 3 is 2.59 bits per heavy atom. The van der Waals surface area contributed by atoms with Gasteiger partial charge in [-0.2, -0.15) is 0 Å². The van der Waals surface area contributed by atoms with E-state index in [0.717, 1.165) is 5.56 Å². The van der Waals surface area contributed by atoms with Gasteiger partial charge in [-0.25, -0.2) is 0 Å². The van der Waals surface area contributed by atoms with Gasteiger partial charge < -0.3 is 29.4 Å². The maximum Gasteiger partial charge on any atom is 0.291 e. The molecular formula is C24H23N3O6S. The monoisotopic (exact) mass is 481 g/mol. The number of benzene rings is 1. The molecule has 3 amide bonds. The lowest BCUT2D eigenvalue weighted by Crippen LogP contribution is -2.41. The second-order valence-corrected chi connectivity index (χ2v) is 9.23. The Balaban J connectivity index is 1.16. The summed E-state index contributed by atoms with van der Waals surface area (Å²) < 4.78 is 15.8. The molecule has 0 saturated carbocycles. The lowest BCUT2D eigenvalue weighted by Gasteiger charge is -2.31. The molecule has 0 aliphatic carbocycles. The predicted molar refractivity (Wildman–Crippen MR) is 126 cm³/mol. The van der Waals surface area contributed by atoms with E-state index in [-0.39, 0.29) is 36.2 Å². The number of hydrogen-bond donors (Lipinski definition) is 2. The van der Waals surface area contributed by atoms with Crippen LogP contribution in [0.2, 0.25) is 0 Å². The van der Waals surface area contributed by atoms with E-state index in [0.29, 0.717) is 53.0 Å². The fourth-order valence-electron chi connectivity index (χ4n) is 4.04. The van der Waals surface area contributed by atoms with E-state index in [4.69, 9.17) is 13.9 Å². The summed E-state index contributed by atoms with van der Waals surface area (Å²) in [7, 11) is 0. The second kappa shape index (κ2) is 9.22. The minimum Gasteiger partial charge on any atom is -0.459 e. The summed E-state index contributed by atoms with van der Waals surface area (Å²) >= 11 is 1.24. The Hall–Kier alpha value is -3.79. The van der Waals surface area contributed by atoms with Gasteiger partial charge in [0.15, 0.2) is 17.3 Å². The van der Waals surface area contributed by atoms with E-state index < -0.39 is 0 Å². The van der Waals surface area contributed by atoms with E-state index in [1.165, 1.54) is 17.6 Å². The van der Waals surface area contributed by atoms with Gasteiger partial charge in [-0.3, -0.25) is 14.4 Å². The van der Waals surface area contributed by atoms with E-state index in [1.807, 2.05) is 6.92 Å². The molecule has 34 heavy (non-hydrogen) atoms. The molecule has 2 N–H and O–H groups in total. The van der Waals surface area contributed by atoms with E-state index in [2.05, 4.69) is 10.6 Å². The molecule has 2 aliphatic rings. The fraction of sp³-hybridized carbons (Fsp3) is 0.292. The molecule has 2 aliphatic heterocycles. The molecule has 5 rings (SSSR count). The summed E-state index contributed by atoms with van der Waals surface area (Å²) in [6.45, 7) is 3.01. The third-order valence-corrected chi connectivity index (χ3v) is 7.03. The van der Waals surface area contributed by atoms with Crippen molar-refractivity contribution < 1.29 is 28.3 Å². The van der Waals surface area contributed by atoms with Crippen molar-refractivity contribution in [3.8, 4) is 11.5 Å². The number of likely N-dealkylation sites (tertiary alicyclic amines) is 1. The molecule has 0 bridgehead atoms. The average Bonchev–Trinajstić information content (AvgIpc) is 3.60. The van der Waals surface area contributed by atoms with Gasteiger partial charge in [0.1, 0.15) is 0 Å². The van der Waals surface area contributed by atoms with Crippen molar-refractivity contribution in [3.63, 3.8) is 0 Å². The van der Waals surface area contributed by atoms with Crippen molar-refractivity contribution in [1.29, 1.82) is 0 Å². The van der Waals surface area contributed by atoms with Crippen molar-refractivity contribution in [2.24, 2.45) is 5.92 Å². The van der Waals surface area contributed by atoms with Crippen LogP contribution in [0.4, 0.5) is 10.7 Å². The minimum absolute atomic E-state index is 0.0683. The highest BCUT2D eigenvalue weighted by Crippen LogP contribution is 2.35. The van der Waals surface area contributed by atoms with Crippen LogP contribution in [0.3, 0.4) is 0 Å². The number of aryl methyl sites for hydroxylation is 1. The first-order valence-corrected chi connectivity index (χ1v) is 11.7. The molecule has 0 spiro atoms. The molecular weight excluding hydrogens is 458 g/mol. The summed E-state index contributed by atoms with van der Waals surface area (Å²) in [6.07, 6.45) is 2.59. The number of thiophene rings is 1. The van der Waals surface area contributed by atoms with Crippen molar-refractivity contribution in [3.05, 3.63) is 58.9 Å². The smallest absolute Gasteiger partial charge is 0.291 e. The molecule has 176 valence electrons. The largest absolute Gasteiger partial charge is 0.459 e. The van der Waals surface area contributed by atoms with Crippen LogP contribution >= 0.6 is 11.3 Å². The molecule has 10 heteroatoms. The van der Waals surface area contributed by atoms with Crippen LogP contribution in [0.15, 0.2) is 47.1 Å².